The Kier molecular flexibility index (Phi) is 7.40. The first-order chi connectivity index (χ1) is 11.3. The standard InChI is InChI=1S/C19H30N2O2/c1-3-5-12-20(13-9-14-21-15-16-23-19(21)22)18(4-2)17-10-7-6-8-11-17/h6-8,10-11,18H,3-5,9,12-16H2,1-2H3. The van der Waals surface area contributed by atoms with Crippen LogP contribution in [0.4, 0.5) is 4.79 Å². The van der Waals surface area contributed by atoms with E-state index < -0.39 is 0 Å². The van der Waals surface area contributed by atoms with Crippen LogP contribution in [-0.4, -0.2) is 48.7 Å². The number of hydrogen-bond acceptors (Lipinski definition) is 3. The van der Waals surface area contributed by atoms with E-state index in [9.17, 15) is 4.79 Å². The van der Waals surface area contributed by atoms with Gasteiger partial charge in [0.05, 0.1) is 6.54 Å². The topological polar surface area (TPSA) is 32.8 Å². The number of carbonyl (C=O) groups is 1. The second-order valence-electron chi connectivity index (χ2n) is 6.18. The van der Waals surface area contributed by atoms with Gasteiger partial charge >= 0.3 is 6.09 Å². The van der Waals surface area contributed by atoms with Gasteiger partial charge in [0.2, 0.25) is 0 Å². The van der Waals surface area contributed by atoms with Crippen LogP contribution in [0, 0.1) is 0 Å². The van der Waals surface area contributed by atoms with Gasteiger partial charge in [0.15, 0.2) is 0 Å². The minimum absolute atomic E-state index is 0.153. The van der Waals surface area contributed by atoms with Gasteiger partial charge in [0.25, 0.3) is 0 Å². The quantitative estimate of drug-likeness (QED) is 0.651. The van der Waals surface area contributed by atoms with Gasteiger partial charge in [-0.2, -0.15) is 0 Å². The van der Waals surface area contributed by atoms with E-state index in [1.54, 1.807) is 0 Å². The molecule has 1 saturated heterocycles. The Labute approximate surface area is 140 Å². The van der Waals surface area contributed by atoms with Crippen LogP contribution in [0.5, 0.6) is 0 Å². The molecule has 0 saturated carbocycles. The molecule has 1 unspecified atom stereocenters. The van der Waals surface area contributed by atoms with Gasteiger partial charge in [-0.15, -0.1) is 0 Å². The summed E-state index contributed by atoms with van der Waals surface area (Å²) in [6.07, 6.45) is 4.39. The molecule has 128 valence electrons. The van der Waals surface area contributed by atoms with Crippen LogP contribution in [-0.2, 0) is 4.74 Å². The van der Waals surface area contributed by atoms with Crippen LogP contribution in [0.1, 0.15) is 51.1 Å². The molecule has 4 nitrogen and oxygen atoms in total. The first-order valence-electron chi connectivity index (χ1n) is 8.97. The van der Waals surface area contributed by atoms with Gasteiger partial charge in [-0.3, -0.25) is 4.90 Å². The molecule has 0 bridgehead atoms. The van der Waals surface area contributed by atoms with E-state index in [4.69, 9.17) is 4.74 Å². The molecule has 0 radical (unpaired) electrons. The number of amides is 1. The Morgan fingerprint density at radius 1 is 1.17 bits per heavy atom. The maximum atomic E-state index is 11.5. The molecule has 0 spiro atoms. The second kappa shape index (κ2) is 9.56. The summed E-state index contributed by atoms with van der Waals surface area (Å²) in [4.78, 5) is 15.9. The molecular weight excluding hydrogens is 288 g/mol. The highest BCUT2D eigenvalue weighted by Gasteiger charge is 2.22. The fraction of sp³-hybridized carbons (Fsp3) is 0.632. The number of unbranched alkanes of at least 4 members (excludes halogenated alkanes) is 1. The van der Waals surface area contributed by atoms with E-state index in [-0.39, 0.29) is 6.09 Å². The van der Waals surface area contributed by atoms with Crippen LogP contribution in [0.15, 0.2) is 30.3 Å². The predicted molar refractivity (Wildman–Crippen MR) is 93.5 cm³/mol. The first-order valence-corrected chi connectivity index (χ1v) is 8.97. The summed E-state index contributed by atoms with van der Waals surface area (Å²) in [5, 5.41) is 0. The minimum Gasteiger partial charge on any atom is -0.448 e. The van der Waals surface area contributed by atoms with Crippen LogP contribution in [0.3, 0.4) is 0 Å². The molecule has 1 aliphatic rings. The van der Waals surface area contributed by atoms with Crippen molar-refractivity contribution in [1.29, 1.82) is 0 Å². The zero-order chi connectivity index (χ0) is 16.5. The Bertz CT molecular complexity index is 464. The number of cyclic esters (lactones) is 1. The highest BCUT2D eigenvalue weighted by atomic mass is 16.6. The smallest absolute Gasteiger partial charge is 0.409 e. The molecule has 4 heteroatoms. The Morgan fingerprint density at radius 2 is 1.91 bits per heavy atom. The molecule has 2 rings (SSSR count). The summed E-state index contributed by atoms with van der Waals surface area (Å²) < 4.78 is 5.00. The zero-order valence-corrected chi connectivity index (χ0v) is 14.5. The van der Waals surface area contributed by atoms with Gasteiger partial charge in [0.1, 0.15) is 6.61 Å². The van der Waals surface area contributed by atoms with Gasteiger partial charge in [-0.25, -0.2) is 4.79 Å². The maximum Gasteiger partial charge on any atom is 0.409 e. The van der Waals surface area contributed by atoms with Crippen LogP contribution >= 0.6 is 0 Å². The largest absolute Gasteiger partial charge is 0.448 e. The minimum atomic E-state index is -0.153. The molecule has 1 heterocycles. The monoisotopic (exact) mass is 318 g/mol. The number of benzene rings is 1. The molecule has 1 aliphatic heterocycles. The lowest BCUT2D eigenvalue weighted by atomic mass is 10.0. The fourth-order valence-electron chi connectivity index (χ4n) is 3.26. The molecule has 1 atom stereocenters. The van der Waals surface area contributed by atoms with Crippen molar-refractivity contribution in [2.24, 2.45) is 0 Å². The van der Waals surface area contributed by atoms with Crippen LogP contribution in [0.2, 0.25) is 0 Å². The number of hydrogen-bond donors (Lipinski definition) is 0. The van der Waals surface area contributed by atoms with E-state index in [1.165, 1.54) is 18.4 Å². The highest BCUT2D eigenvalue weighted by molar-refractivity contribution is 5.69. The molecule has 0 N–H and O–H groups in total. The molecular formula is C19H30N2O2. The van der Waals surface area contributed by atoms with Crippen molar-refractivity contribution in [1.82, 2.24) is 9.80 Å². The van der Waals surface area contributed by atoms with Gasteiger partial charge in [0, 0.05) is 19.1 Å². The van der Waals surface area contributed by atoms with Crippen molar-refractivity contribution >= 4 is 6.09 Å². The molecule has 1 amide bonds. The van der Waals surface area contributed by atoms with E-state index in [0.717, 1.165) is 39.0 Å². The van der Waals surface area contributed by atoms with Crippen molar-refractivity contribution in [3.05, 3.63) is 35.9 Å². The van der Waals surface area contributed by atoms with Gasteiger partial charge in [-0.05, 0) is 31.4 Å². The van der Waals surface area contributed by atoms with Crippen molar-refractivity contribution in [2.75, 3.05) is 32.8 Å². The number of nitrogens with zero attached hydrogens (tertiary/aromatic N) is 2. The van der Waals surface area contributed by atoms with Gasteiger partial charge in [-0.1, -0.05) is 50.6 Å². The summed E-state index contributed by atoms with van der Waals surface area (Å²) in [7, 11) is 0. The summed E-state index contributed by atoms with van der Waals surface area (Å²) in [6, 6.07) is 11.2. The third-order valence-corrected chi connectivity index (χ3v) is 4.53. The van der Waals surface area contributed by atoms with E-state index >= 15 is 0 Å². The zero-order valence-electron chi connectivity index (χ0n) is 14.5. The first kappa shape index (κ1) is 17.8. The third kappa shape index (κ3) is 5.24. The van der Waals surface area contributed by atoms with Crippen LogP contribution < -0.4 is 0 Å². The lowest BCUT2D eigenvalue weighted by molar-refractivity contribution is 0.152. The third-order valence-electron chi connectivity index (χ3n) is 4.53. The van der Waals surface area contributed by atoms with Crippen molar-refractivity contribution in [2.45, 2.75) is 45.6 Å². The van der Waals surface area contributed by atoms with Crippen molar-refractivity contribution in [3.63, 3.8) is 0 Å². The predicted octanol–water partition coefficient (Wildman–Crippen LogP) is 4.08. The van der Waals surface area contributed by atoms with Crippen molar-refractivity contribution < 1.29 is 9.53 Å². The van der Waals surface area contributed by atoms with E-state index in [0.29, 0.717) is 12.6 Å². The average Bonchev–Trinajstić information content (AvgIpc) is 2.99. The molecule has 1 aromatic carbocycles. The Balaban J connectivity index is 1.93. The normalized spacial score (nSPS) is 16.0. The van der Waals surface area contributed by atoms with E-state index in [1.807, 2.05) is 4.90 Å². The molecule has 23 heavy (non-hydrogen) atoms. The van der Waals surface area contributed by atoms with Gasteiger partial charge < -0.3 is 9.64 Å². The maximum absolute atomic E-state index is 11.5. The summed E-state index contributed by atoms with van der Waals surface area (Å²) in [6.45, 7) is 8.72. The second-order valence-corrected chi connectivity index (χ2v) is 6.18. The van der Waals surface area contributed by atoms with E-state index in [2.05, 4.69) is 49.1 Å². The molecule has 0 aliphatic carbocycles. The lowest BCUT2D eigenvalue weighted by Crippen LogP contribution is -2.33. The number of carbonyl (C=O) groups excluding carboxylic acids is 1. The summed E-state index contributed by atoms with van der Waals surface area (Å²) >= 11 is 0. The number of ether oxygens (including phenoxy) is 1. The number of rotatable bonds is 10. The van der Waals surface area contributed by atoms with Crippen LogP contribution in [0.25, 0.3) is 0 Å². The SMILES string of the molecule is CCCCN(CCCN1CCOC1=O)C(CC)c1ccccc1. The summed E-state index contributed by atoms with van der Waals surface area (Å²) in [5.41, 5.74) is 1.40. The van der Waals surface area contributed by atoms with Crippen molar-refractivity contribution in [3.8, 4) is 0 Å². The summed E-state index contributed by atoms with van der Waals surface area (Å²) in [5.74, 6) is 0. The fourth-order valence-corrected chi connectivity index (χ4v) is 3.26. The molecule has 0 aromatic heterocycles. The Morgan fingerprint density at radius 3 is 2.52 bits per heavy atom. The average molecular weight is 318 g/mol. The molecule has 1 aromatic rings. The highest BCUT2D eigenvalue weighted by Crippen LogP contribution is 2.24. The lowest BCUT2D eigenvalue weighted by Gasteiger charge is -2.32. The molecule has 1 fully saturated rings. The Hall–Kier alpha value is -1.55.